The smallest absolute Gasteiger partial charge is 0.417 e. The number of hydrogen-bond donors (Lipinski definition) is 1. The highest BCUT2D eigenvalue weighted by molar-refractivity contribution is 5.97. The number of imidazole rings is 1. The molecule has 1 N–H and O–H groups in total. The number of nitrogens with zero attached hydrogens (tertiary/aromatic N) is 5. The van der Waals surface area contributed by atoms with Crippen LogP contribution < -0.4 is 5.32 Å². The van der Waals surface area contributed by atoms with E-state index in [1.165, 1.54) is 13.3 Å². The molecule has 3 aromatic rings. The molecule has 4 heterocycles. The van der Waals surface area contributed by atoms with E-state index in [1.807, 2.05) is 0 Å². The zero-order chi connectivity index (χ0) is 19.2. The van der Waals surface area contributed by atoms with Gasteiger partial charge < -0.3 is 14.6 Å². The summed E-state index contributed by atoms with van der Waals surface area (Å²) < 4.78 is 50.8. The Kier molecular flexibility index (Phi) is 3.86. The molecule has 3 aromatic heterocycles. The highest BCUT2D eigenvalue weighted by atomic mass is 19.4. The average molecular weight is 378 g/mol. The predicted molar refractivity (Wildman–Crippen MR) is 88.7 cm³/mol. The molecule has 11 heteroatoms. The minimum absolute atomic E-state index is 0.0738. The van der Waals surface area contributed by atoms with Crippen molar-refractivity contribution < 1.29 is 22.4 Å². The molecule has 8 nitrogen and oxygen atoms in total. The Morgan fingerprint density at radius 3 is 2.70 bits per heavy atom. The summed E-state index contributed by atoms with van der Waals surface area (Å²) in [5.74, 6) is 1.76. The average Bonchev–Trinajstić information content (AvgIpc) is 3.23. The molecule has 0 amide bonds. The Hall–Kier alpha value is -3.37. The third-order valence-electron chi connectivity index (χ3n) is 3.91. The summed E-state index contributed by atoms with van der Waals surface area (Å²) in [6.07, 6.45) is -2.28. The van der Waals surface area contributed by atoms with Crippen LogP contribution in [0.3, 0.4) is 0 Å². The van der Waals surface area contributed by atoms with Gasteiger partial charge in [0.25, 0.3) is 0 Å². The molecule has 4 rings (SSSR count). The monoisotopic (exact) mass is 378 g/mol. The Balaban J connectivity index is 1.94. The van der Waals surface area contributed by atoms with Crippen LogP contribution in [-0.2, 0) is 10.9 Å². The van der Waals surface area contributed by atoms with Gasteiger partial charge in [-0.1, -0.05) is 5.16 Å². The highest BCUT2D eigenvalue weighted by Crippen LogP contribution is 2.32. The van der Waals surface area contributed by atoms with Crippen LogP contribution >= 0.6 is 0 Å². The van der Waals surface area contributed by atoms with Crippen molar-refractivity contribution in [2.75, 3.05) is 13.7 Å². The van der Waals surface area contributed by atoms with Crippen LogP contribution in [0, 0.1) is 6.92 Å². The van der Waals surface area contributed by atoms with Crippen LogP contribution in [0.2, 0.25) is 0 Å². The van der Waals surface area contributed by atoms with Crippen LogP contribution in [0.4, 0.5) is 13.2 Å². The summed E-state index contributed by atoms with van der Waals surface area (Å²) in [7, 11) is 1.50. The Morgan fingerprint density at radius 1 is 1.30 bits per heavy atom. The summed E-state index contributed by atoms with van der Waals surface area (Å²) in [5.41, 5.74) is -0.214. The first kappa shape index (κ1) is 17.1. The van der Waals surface area contributed by atoms with Gasteiger partial charge in [-0.05, 0) is 13.0 Å². The van der Waals surface area contributed by atoms with Crippen LogP contribution in [0.15, 0.2) is 39.9 Å². The quantitative estimate of drug-likeness (QED) is 0.737. The van der Waals surface area contributed by atoms with E-state index < -0.39 is 11.7 Å². The maximum atomic E-state index is 13.0. The standard InChI is InChI=1S/C16H13F3N6O2/c1-8-3-11(24-27-8)15-23-10-4-9(16(17,18)19)5-22-14(10)25(15)12-6-21-13(26-2)7-20-12/h3-5,7,21H,6H2,1-2H3. The molecule has 0 aromatic carbocycles. The van der Waals surface area contributed by atoms with E-state index >= 15 is 0 Å². The second-order valence-corrected chi connectivity index (χ2v) is 5.75. The normalized spacial score (nSPS) is 14.7. The molecule has 0 atom stereocenters. The molecular formula is C16H13F3N6O2. The molecule has 0 fully saturated rings. The van der Waals surface area contributed by atoms with Gasteiger partial charge in [-0.25, -0.2) is 15.0 Å². The topological polar surface area (TPSA) is 90.4 Å². The molecule has 0 saturated carbocycles. The number of nitrogens with one attached hydrogen (secondary N) is 1. The van der Waals surface area contributed by atoms with E-state index in [0.717, 1.165) is 12.3 Å². The van der Waals surface area contributed by atoms with Gasteiger partial charge in [0.1, 0.15) is 22.8 Å². The summed E-state index contributed by atoms with van der Waals surface area (Å²) in [5, 5.41) is 6.91. The molecule has 0 bridgehead atoms. The van der Waals surface area contributed by atoms with Gasteiger partial charge in [-0.2, -0.15) is 13.2 Å². The zero-order valence-corrected chi connectivity index (χ0v) is 14.2. The van der Waals surface area contributed by atoms with Gasteiger partial charge in [0.15, 0.2) is 11.5 Å². The first-order valence-electron chi connectivity index (χ1n) is 7.81. The zero-order valence-electron chi connectivity index (χ0n) is 14.2. The van der Waals surface area contributed by atoms with Crippen LogP contribution in [-0.4, -0.2) is 39.2 Å². The van der Waals surface area contributed by atoms with E-state index in [4.69, 9.17) is 9.26 Å². The van der Waals surface area contributed by atoms with E-state index in [0.29, 0.717) is 23.2 Å². The molecule has 0 saturated heterocycles. The molecule has 27 heavy (non-hydrogen) atoms. The van der Waals surface area contributed by atoms with Crippen molar-refractivity contribution in [3.05, 3.63) is 41.7 Å². The van der Waals surface area contributed by atoms with E-state index in [2.05, 4.69) is 25.4 Å². The third-order valence-corrected chi connectivity index (χ3v) is 3.91. The number of alkyl halides is 3. The number of methoxy groups -OCH3 is 1. The number of ether oxygens (including phenoxy) is 1. The number of pyridine rings is 1. The van der Waals surface area contributed by atoms with Gasteiger partial charge >= 0.3 is 6.18 Å². The molecule has 140 valence electrons. The Bertz CT molecular complexity index is 1080. The fourth-order valence-corrected chi connectivity index (χ4v) is 2.66. The molecular weight excluding hydrogens is 365 g/mol. The summed E-state index contributed by atoms with van der Waals surface area (Å²) in [4.78, 5) is 12.6. The van der Waals surface area contributed by atoms with Crippen molar-refractivity contribution in [2.24, 2.45) is 4.99 Å². The lowest BCUT2D eigenvalue weighted by Crippen LogP contribution is -2.31. The van der Waals surface area contributed by atoms with Crippen molar-refractivity contribution in [1.29, 1.82) is 0 Å². The molecule has 1 aliphatic rings. The minimum Gasteiger partial charge on any atom is -0.481 e. The van der Waals surface area contributed by atoms with Gasteiger partial charge in [-0.3, -0.25) is 4.57 Å². The third kappa shape index (κ3) is 3.00. The van der Waals surface area contributed by atoms with Crippen molar-refractivity contribution in [3.63, 3.8) is 0 Å². The summed E-state index contributed by atoms with van der Waals surface area (Å²) in [6, 6.07) is 2.58. The van der Waals surface area contributed by atoms with Crippen molar-refractivity contribution >= 4 is 17.0 Å². The largest absolute Gasteiger partial charge is 0.481 e. The number of aromatic nitrogens is 4. The fourth-order valence-electron chi connectivity index (χ4n) is 2.66. The number of aryl methyl sites for hydroxylation is 1. The predicted octanol–water partition coefficient (Wildman–Crippen LogP) is 2.71. The van der Waals surface area contributed by atoms with Crippen LogP contribution in [0.5, 0.6) is 0 Å². The molecule has 1 aliphatic heterocycles. The first-order valence-corrected chi connectivity index (χ1v) is 7.81. The number of hydrogen-bond acceptors (Lipinski definition) is 7. The lowest BCUT2D eigenvalue weighted by molar-refractivity contribution is -0.137. The first-order chi connectivity index (χ1) is 12.9. The van der Waals surface area contributed by atoms with Crippen molar-refractivity contribution in [3.8, 4) is 11.5 Å². The van der Waals surface area contributed by atoms with Gasteiger partial charge in [0, 0.05) is 12.3 Å². The number of fused-ring (bicyclic) bond motifs is 1. The van der Waals surface area contributed by atoms with E-state index in [9.17, 15) is 13.2 Å². The number of aliphatic imine (C=N–C) groups is 1. The van der Waals surface area contributed by atoms with E-state index in [1.54, 1.807) is 17.6 Å². The van der Waals surface area contributed by atoms with Crippen molar-refractivity contribution in [1.82, 2.24) is 25.0 Å². The lowest BCUT2D eigenvalue weighted by Gasteiger charge is -2.17. The van der Waals surface area contributed by atoms with Gasteiger partial charge in [0.05, 0.1) is 25.4 Å². The van der Waals surface area contributed by atoms with E-state index in [-0.39, 0.29) is 23.5 Å². The van der Waals surface area contributed by atoms with Crippen molar-refractivity contribution in [2.45, 2.75) is 13.1 Å². The lowest BCUT2D eigenvalue weighted by atomic mass is 10.2. The second kappa shape index (κ2) is 6.11. The fraction of sp³-hybridized carbons (Fsp3) is 0.250. The second-order valence-electron chi connectivity index (χ2n) is 5.75. The highest BCUT2D eigenvalue weighted by Gasteiger charge is 2.32. The SMILES string of the molecule is COC1=CN=C(n2c(-c3cc(C)on3)nc3cc(C(F)(F)F)cnc32)CN1. The van der Waals surface area contributed by atoms with Gasteiger partial charge in [-0.15, -0.1) is 0 Å². The Morgan fingerprint density at radius 2 is 2.11 bits per heavy atom. The summed E-state index contributed by atoms with van der Waals surface area (Å²) >= 11 is 0. The molecule has 0 spiro atoms. The summed E-state index contributed by atoms with van der Waals surface area (Å²) in [6.45, 7) is 1.97. The molecule has 0 unspecified atom stereocenters. The Labute approximate surface area is 150 Å². The number of halogens is 3. The maximum absolute atomic E-state index is 13.0. The molecule has 0 aliphatic carbocycles. The van der Waals surface area contributed by atoms with Crippen LogP contribution in [0.25, 0.3) is 22.7 Å². The van der Waals surface area contributed by atoms with Gasteiger partial charge in [0.2, 0.25) is 5.88 Å². The van der Waals surface area contributed by atoms with Crippen LogP contribution in [0.1, 0.15) is 11.3 Å². The maximum Gasteiger partial charge on any atom is 0.417 e. The molecule has 0 radical (unpaired) electrons. The number of rotatable bonds is 2. The minimum atomic E-state index is -4.52.